The molecule has 1 aromatic rings. The van der Waals surface area contributed by atoms with E-state index in [0.717, 1.165) is 5.92 Å². The molecule has 0 fully saturated rings. The highest BCUT2D eigenvalue weighted by Crippen LogP contribution is 2.25. The van der Waals surface area contributed by atoms with E-state index >= 15 is 0 Å². The number of pyridine rings is 1. The Hall–Kier alpha value is -0.850. The molecule has 0 atom stereocenters. The zero-order valence-corrected chi connectivity index (χ0v) is 8.66. The normalized spacial score (nSPS) is 10.7. The molecular formula is C12H19N. The average Bonchev–Trinajstić information content (AvgIpc) is 2.19. The van der Waals surface area contributed by atoms with Crippen LogP contribution in [0.4, 0.5) is 0 Å². The Morgan fingerprint density at radius 2 is 1.62 bits per heavy atom. The molecule has 13 heavy (non-hydrogen) atoms. The fourth-order valence-corrected chi connectivity index (χ4v) is 1.81. The molecule has 0 aliphatic carbocycles. The third-order valence-corrected chi connectivity index (χ3v) is 2.45. The highest BCUT2D eigenvalue weighted by Gasteiger charge is 2.08. The summed E-state index contributed by atoms with van der Waals surface area (Å²) in [4.78, 5) is 4.05. The first-order chi connectivity index (χ1) is 6.38. The molecule has 0 bridgehead atoms. The van der Waals surface area contributed by atoms with Gasteiger partial charge in [0.15, 0.2) is 0 Å². The van der Waals surface area contributed by atoms with Gasteiger partial charge in [-0.1, -0.05) is 26.7 Å². The molecular weight excluding hydrogens is 158 g/mol. The van der Waals surface area contributed by atoms with Gasteiger partial charge in [-0.3, -0.25) is 4.98 Å². The van der Waals surface area contributed by atoms with Crippen molar-refractivity contribution < 1.29 is 0 Å². The highest BCUT2D eigenvalue weighted by molar-refractivity contribution is 5.15. The second kappa shape index (κ2) is 5.74. The fraction of sp³-hybridized carbons (Fsp3) is 0.583. The molecule has 0 saturated carbocycles. The fourth-order valence-electron chi connectivity index (χ4n) is 1.81. The summed E-state index contributed by atoms with van der Waals surface area (Å²) in [6.07, 6.45) is 8.94. The Balaban J connectivity index is 2.64. The summed E-state index contributed by atoms with van der Waals surface area (Å²) in [7, 11) is 0. The SMILES string of the molecule is CCCC(CCC)c1ccncc1. The molecule has 0 aromatic carbocycles. The van der Waals surface area contributed by atoms with Gasteiger partial charge < -0.3 is 0 Å². The Morgan fingerprint density at radius 3 is 2.08 bits per heavy atom. The van der Waals surface area contributed by atoms with Gasteiger partial charge in [0.2, 0.25) is 0 Å². The van der Waals surface area contributed by atoms with Crippen LogP contribution in [0.1, 0.15) is 51.0 Å². The molecule has 0 amide bonds. The van der Waals surface area contributed by atoms with E-state index in [-0.39, 0.29) is 0 Å². The molecule has 1 heteroatoms. The number of rotatable bonds is 5. The quantitative estimate of drug-likeness (QED) is 0.667. The molecule has 1 heterocycles. The maximum Gasteiger partial charge on any atom is 0.0270 e. The molecule has 0 aliphatic rings. The van der Waals surface area contributed by atoms with Crippen LogP contribution in [0.2, 0.25) is 0 Å². The van der Waals surface area contributed by atoms with Crippen molar-refractivity contribution in [3.05, 3.63) is 30.1 Å². The first-order valence-corrected chi connectivity index (χ1v) is 5.28. The van der Waals surface area contributed by atoms with Crippen LogP contribution < -0.4 is 0 Å². The second-order valence-corrected chi connectivity index (χ2v) is 3.55. The predicted octanol–water partition coefficient (Wildman–Crippen LogP) is 3.77. The van der Waals surface area contributed by atoms with Crippen LogP contribution in [-0.4, -0.2) is 4.98 Å². The minimum absolute atomic E-state index is 0.748. The van der Waals surface area contributed by atoms with Crippen LogP contribution in [0.15, 0.2) is 24.5 Å². The van der Waals surface area contributed by atoms with Crippen molar-refractivity contribution in [2.75, 3.05) is 0 Å². The third-order valence-electron chi connectivity index (χ3n) is 2.45. The summed E-state index contributed by atoms with van der Waals surface area (Å²) < 4.78 is 0. The maximum absolute atomic E-state index is 4.05. The molecule has 72 valence electrons. The van der Waals surface area contributed by atoms with E-state index in [9.17, 15) is 0 Å². The van der Waals surface area contributed by atoms with Crippen molar-refractivity contribution in [2.24, 2.45) is 0 Å². The Bertz CT molecular complexity index is 212. The van der Waals surface area contributed by atoms with E-state index in [1.165, 1.54) is 31.2 Å². The van der Waals surface area contributed by atoms with Crippen LogP contribution in [0.5, 0.6) is 0 Å². The van der Waals surface area contributed by atoms with Crippen LogP contribution in [0.25, 0.3) is 0 Å². The topological polar surface area (TPSA) is 12.9 Å². The van der Waals surface area contributed by atoms with Crippen LogP contribution >= 0.6 is 0 Å². The first kappa shape index (κ1) is 10.2. The lowest BCUT2D eigenvalue weighted by molar-refractivity contribution is 0.560. The Labute approximate surface area is 81.2 Å². The van der Waals surface area contributed by atoms with Crippen LogP contribution in [0.3, 0.4) is 0 Å². The third kappa shape index (κ3) is 3.17. The monoisotopic (exact) mass is 177 g/mol. The lowest BCUT2D eigenvalue weighted by Gasteiger charge is -2.14. The van der Waals surface area contributed by atoms with E-state index < -0.39 is 0 Å². The Kier molecular flexibility index (Phi) is 4.52. The van der Waals surface area contributed by atoms with Gasteiger partial charge in [0.05, 0.1) is 0 Å². The minimum atomic E-state index is 0.748. The van der Waals surface area contributed by atoms with E-state index in [4.69, 9.17) is 0 Å². The van der Waals surface area contributed by atoms with Gasteiger partial charge in [0.1, 0.15) is 0 Å². The largest absolute Gasteiger partial charge is 0.265 e. The minimum Gasteiger partial charge on any atom is -0.265 e. The number of aromatic nitrogens is 1. The maximum atomic E-state index is 4.05. The van der Waals surface area contributed by atoms with Gasteiger partial charge in [-0.2, -0.15) is 0 Å². The highest BCUT2D eigenvalue weighted by atomic mass is 14.6. The van der Waals surface area contributed by atoms with E-state index in [1.54, 1.807) is 0 Å². The average molecular weight is 177 g/mol. The number of nitrogens with zero attached hydrogens (tertiary/aromatic N) is 1. The van der Waals surface area contributed by atoms with E-state index in [2.05, 4.69) is 31.0 Å². The summed E-state index contributed by atoms with van der Waals surface area (Å²) in [6, 6.07) is 4.30. The van der Waals surface area contributed by atoms with Crippen molar-refractivity contribution >= 4 is 0 Å². The van der Waals surface area contributed by atoms with Gasteiger partial charge >= 0.3 is 0 Å². The van der Waals surface area contributed by atoms with Gasteiger partial charge in [-0.05, 0) is 36.5 Å². The van der Waals surface area contributed by atoms with Crippen molar-refractivity contribution in [3.63, 3.8) is 0 Å². The zero-order chi connectivity index (χ0) is 9.52. The molecule has 0 unspecified atom stereocenters. The smallest absolute Gasteiger partial charge is 0.0270 e. The molecule has 0 N–H and O–H groups in total. The number of hydrogen-bond acceptors (Lipinski definition) is 1. The first-order valence-electron chi connectivity index (χ1n) is 5.28. The summed E-state index contributed by atoms with van der Waals surface area (Å²) in [5.74, 6) is 0.748. The summed E-state index contributed by atoms with van der Waals surface area (Å²) in [5, 5.41) is 0. The molecule has 1 aromatic heterocycles. The molecule has 0 aliphatic heterocycles. The molecule has 1 rings (SSSR count). The van der Waals surface area contributed by atoms with Crippen molar-refractivity contribution in [2.45, 2.75) is 45.4 Å². The summed E-state index contributed by atoms with van der Waals surface area (Å²) >= 11 is 0. The van der Waals surface area contributed by atoms with E-state index in [0.29, 0.717) is 0 Å². The number of hydrogen-bond donors (Lipinski definition) is 0. The lowest BCUT2D eigenvalue weighted by atomic mass is 9.91. The Morgan fingerprint density at radius 1 is 1.08 bits per heavy atom. The molecule has 0 saturated heterocycles. The zero-order valence-electron chi connectivity index (χ0n) is 8.66. The predicted molar refractivity (Wildman–Crippen MR) is 56.8 cm³/mol. The molecule has 1 nitrogen and oxygen atoms in total. The summed E-state index contributed by atoms with van der Waals surface area (Å²) in [5.41, 5.74) is 1.46. The standard InChI is InChI=1S/C12H19N/c1-3-5-11(6-4-2)12-7-9-13-10-8-12/h7-11H,3-6H2,1-2H3. The summed E-state index contributed by atoms with van der Waals surface area (Å²) in [6.45, 7) is 4.51. The van der Waals surface area contributed by atoms with Gasteiger partial charge in [-0.15, -0.1) is 0 Å². The van der Waals surface area contributed by atoms with Gasteiger partial charge in [-0.25, -0.2) is 0 Å². The van der Waals surface area contributed by atoms with Crippen molar-refractivity contribution in [1.82, 2.24) is 4.98 Å². The second-order valence-electron chi connectivity index (χ2n) is 3.55. The van der Waals surface area contributed by atoms with Crippen LogP contribution in [0, 0.1) is 0 Å². The molecule has 0 spiro atoms. The van der Waals surface area contributed by atoms with Gasteiger partial charge in [0, 0.05) is 12.4 Å². The van der Waals surface area contributed by atoms with Crippen molar-refractivity contribution in [3.8, 4) is 0 Å². The van der Waals surface area contributed by atoms with Gasteiger partial charge in [0.25, 0.3) is 0 Å². The van der Waals surface area contributed by atoms with Crippen molar-refractivity contribution in [1.29, 1.82) is 0 Å². The molecule has 0 radical (unpaired) electrons. The van der Waals surface area contributed by atoms with E-state index in [1.807, 2.05) is 12.4 Å². The lowest BCUT2D eigenvalue weighted by Crippen LogP contribution is -1.97. The van der Waals surface area contributed by atoms with Crippen LogP contribution in [-0.2, 0) is 0 Å².